The maximum atomic E-state index is 13.1. The van der Waals surface area contributed by atoms with Gasteiger partial charge in [-0.05, 0) is 48.9 Å². The number of benzene rings is 2. The van der Waals surface area contributed by atoms with Gasteiger partial charge in [0.25, 0.3) is 0 Å². The lowest BCUT2D eigenvalue weighted by atomic mass is 10.2. The van der Waals surface area contributed by atoms with E-state index in [0.29, 0.717) is 11.3 Å². The summed E-state index contributed by atoms with van der Waals surface area (Å²) in [6.07, 6.45) is 2.72. The molecule has 1 amide bonds. The van der Waals surface area contributed by atoms with Crippen molar-refractivity contribution < 1.29 is 27.4 Å². The Kier molecular flexibility index (Phi) is 6.45. The van der Waals surface area contributed by atoms with Crippen LogP contribution in [0.15, 0.2) is 48.5 Å². The van der Waals surface area contributed by atoms with Gasteiger partial charge < -0.3 is 14.8 Å². The van der Waals surface area contributed by atoms with Crippen molar-refractivity contribution in [3.63, 3.8) is 0 Å². The molecule has 25 heavy (non-hydrogen) atoms. The van der Waals surface area contributed by atoms with Crippen molar-refractivity contribution in [3.8, 4) is 11.5 Å². The summed E-state index contributed by atoms with van der Waals surface area (Å²) in [5.74, 6) is -0.858. The number of carbonyl (C=O) groups excluding carboxylic acids is 1. The summed E-state index contributed by atoms with van der Waals surface area (Å²) < 4.78 is 47.4. The molecule has 0 atom stereocenters. The first kappa shape index (κ1) is 18.4. The standard InChI is InChI=1S/C18H16F3NO3/c1-2-24-16-10-12(6-8-15(16)25-18(20)21)7-9-17(23)22-14-5-3-4-13(19)11-14/h3-11,18H,2H2,1H3,(H,22,23)/b9-7+. The fraction of sp³-hybridized carbons (Fsp3) is 0.167. The number of nitrogens with one attached hydrogen (secondary N) is 1. The third-order valence-corrected chi connectivity index (χ3v) is 3.00. The van der Waals surface area contributed by atoms with E-state index in [2.05, 4.69) is 10.1 Å². The summed E-state index contributed by atoms with van der Waals surface area (Å²) in [7, 11) is 0. The Morgan fingerprint density at radius 1 is 1.20 bits per heavy atom. The molecular formula is C18H16F3NO3. The molecule has 2 rings (SSSR count). The van der Waals surface area contributed by atoms with E-state index in [0.717, 1.165) is 0 Å². The normalized spacial score (nSPS) is 10.9. The molecule has 0 spiro atoms. The Morgan fingerprint density at radius 3 is 2.68 bits per heavy atom. The van der Waals surface area contributed by atoms with Crippen molar-refractivity contribution in [1.29, 1.82) is 0 Å². The number of rotatable bonds is 7. The van der Waals surface area contributed by atoms with E-state index in [1.54, 1.807) is 13.0 Å². The highest BCUT2D eigenvalue weighted by Gasteiger charge is 2.11. The molecule has 0 aliphatic heterocycles. The van der Waals surface area contributed by atoms with Gasteiger partial charge >= 0.3 is 6.61 Å². The second kappa shape index (κ2) is 8.77. The molecule has 0 heterocycles. The number of carbonyl (C=O) groups is 1. The lowest BCUT2D eigenvalue weighted by Crippen LogP contribution is -2.07. The zero-order chi connectivity index (χ0) is 18.2. The number of anilines is 1. The lowest BCUT2D eigenvalue weighted by molar-refractivity contribution is -0.111. The molecule has 4 nitrogen and oxygen atoms in total. The van der Waals surface area contributed by atoms with Crippen LogP contribution < -0.4 is 14.8 Å². The van der Waals surface area contributed by atoms with Gasteiger partial charge in [-0.3, -0.25) is 4.79 Å². The third-order valence-electron chi connectivity index (χ3n) is 3.00. The van der Waals surface area contributed by atoms with Crippen LogP contribution in [-0.4, -0.2) is 19.1 Å². The fourth-order valence-corrected chi connectivity index (χ4v) is 2.01. The molecule has 0 aliphatic carbocycles. The van der Waals surface area contributed by atoms with E-state index in [9.17, 15) is 18.0 Å². The topological polar surface area (TPSA) is 47.6 Å². The Morgan fingerprint density at radius 2 is 2.00 bits per heavy atom. The van der Waals surface area contributed by atoms with E-state index in [1.165, 1.54) is 48.6 Å². The molecule has 1 N–H and O–H groups in total. The summed E-state index contributed by atoms with van der Waals surface area (Å²) in [6, 6.07) is 9.81. The molecule has 0 bridgehead atoms. The minimum Gasteiger partial charge on any atom is -0.490 e. The quantitative estimate of drug-likeness (QED) is 0.749. The van der Waals surface area contributed by atoms with Crippen molar-refractivity contribution in [3.05, 3.63) is 59.9 Å². The Balaban J connectivity index is 2.08. The van der Waals surface area contributed by atoms with Gasteiger partial charge in [-0.25, -0.2) is 4.39 Å². The monoisotopic (exact) mass is 351 g/mol. The summed E-state index contributed by atoms with van der Waals surface area (Å²) in [5, 5.41) is 2.51. The molecule has 0 radical (unpaired) electrons. The van der Waals surface area contributed by atoms with E-state index >= 15 is 0 Å². The highest BCUT2D eigenvalue weighted by molar-refractivity contribution is 6.01. The van der Waals surface area contributed by atoms with Crippen LogP contribution in [0, 0.1) is 5.82 Å². The van der Waals surface area contributed by atoms with Gasteiger partial charge in [0.15, 0.2) is 11.5 Å². The summed E-state index contributed by atoms with van der Waals surface area (Å²) in [4.78, 5) is 11.8. The van der Waals surface area contributed by atoms with Crippen LogP contribution in [-0.2, 0) is 4.79 Å². The van der Waals surface area contributed by atoms with Crippen LogP contribution in [0.2, 0.25) is 0 Å². The van der Waals surface area contributed by atoms with Crippen LogP contribution in [0.3, 0.4) is 0 Å². The molecule has 0 unspecified atom stereocenters. The molecular weight excluding hydrogens is 335 g/mol. The summed E-state index contributed by atoms with van der Waals surface area (Å²) in [6.45, 7) is -0.980. The van der Waals surface area contributed by atoms with Crippen LogP contribution in [0.5, 0.6) is 11.5 Å². The van der Waals surface area contributed by atoms with Crippen LogP contribution in [0.4, 0.5) is 18.9 Å². The van der Waals surface area contributed by atoms with Crippen LogP contribution in [0.1, 0.15) is 12.5 Å². The molecule has 0 aliphatic rings. The number of amides is 1. The number of hydrogen-bond donors (Lipinski definition) is 1. The predicted molar refractivity (Wildman–Crippen MR) is 88.3 cm³/mol. The van der Waals surface area contributed by atoms with Gasteiger partial charge in [0.1, 0.15) is 5.82 Å². The van der Waals surface area contributed by atoms with Crippen molar-refractivity contribution in [2.24, 2.45) is 0 Å². The highest BCUT2D eigenvalue weighted by atomic mass is 19.3. The number of hydrogen-bond acceptors (Lipinski definition) is 3. The number of halogens is 3. The average Bonchev–Trinajstić information content (AvgIpc) is 2.55. The predicted octanol–water partition coefficient (Wildman–Crippen LogP) is 4.48. The smallest absolute Gasteiger partial charge is 0.387 e. The molecule has 0 saturated heterocycles. The molecule has 7 heteroatoms. The van der Waals surface area contributed by atoms with Crippen molar-refractivity contribution in [2.75, 3.05) is 11.9 Å². The minimum absolute atomic E-state index is 0.0850. The van der Waals surface area contributed by atoms with Gasteiger partial charge in [0, 0.05) is 11.8 Å². The Bertz CT molecular complexity index is 763. The van der Waals surface area contributed by atoms with Gasteiger partial charge in [-0.2, -0.15) is 8.78 Å². The van der Waals surface area contributed by atoms with Gasteiger partial charge in [-0.1, -0.05) is 12.1 Å². The number of ether oxygens (including phenoxy) is 2. The van der Waals surface area contributed by atoms with E-state index in [-0.39, 0.29) is 18.1 Å². The van der Waals surface area contributed by atoms with Crippen LogP contribution >= 0.6 is 0 Å². The first-order valence-electron chi connectivity index (χ1n) is 7.44. The molecule has 0 aromatic heterocycles. The zero-order valence-corrected chi connectivity index (χ0v) is 13.3. The molecule has 0 saturated carbocycles. The first-order valence-corrected chi connectivity index (χ1v) is 7.44. The first-order chi connectivity index (χ1) is 12.0. The molecule has 132 valence electrons. The second-order valence-electron chi connectivity index (χ2n) is 4.85. The summed E-state index contributed by atoms with van der Waals surface area (Å²) >= 11 is 0. The molecule has 0 fully saturated rings. The molecule has 2 aromatic rings. The van der Waals surface area contributed by atoms with Gasteiger partial charge in [0.05, 0.1) is 6.61 Å². The largest absolute Gasteiger partial charge is 0.490 e. The lowest BCUT2D eigenvalue weighted by Gasteiger charge is -2.11. The zero-order valence-electron chi connectivity index (χ0n) is 13.3. The average molecular weight is 351 g/mol. The highest BCUT2D eigenvalue weighted by Crippen LogP contribution is 2.30. The Hall–Kier alpha value is -2.96. The van der Waals surface area contributed by atoms with Gasteiger partial charge in [-0.15, -0.1) is 0 Å². The maximum Gasteiger partial charge on any atom is 0.387 e. The van der Waals surface area contributed by atoms with Crippen molar-refractivity contribution in [1.82, 2.24) is 0 Å². The fourth-order valence-electron chi connectivity index (χ4n) is 2.01. The molecule has 2 aromatic carbocycles. The van der Waals surface area contributed by atoms with E-state index in [1.807, 2.05) is 0 Å². The third kappa shape index (κ3) is 5.87. The van der Waals surface area contributed by atoms with E-state index in [4.69, 9.17) is 4.74 Å². The van der Waals surface area contributed by atoms with Crippen LogP contribution in [0.25, 0.3) is 6.08 Å². The summed E-state index contributed by atoms with van der Waals surface area (Å²) in [5.41, 5.74) is 0.879. The SMILES string of the molecule is CCOc1cc(/C=C/C(=O)Nc2cccc(F)c2)ccc1OC(F)F. The minimum atomic E-state index is -2.96. The van der Waals surface area contributed by atoms with E-state index < -0.39 is 18.3 Å². The van der Waals surface area contributed by atoms with Gasteiger partial charge in [0.2, 0.25) is 5.91 Å². The number of alkyl halides is 2. The Labute approximate surface area is 142 Å². The maximum absolute atomic E-state index is 13.1. The second-order valence-corrected chi connectivity index (χ2v) is 4.85. The van der Waals surface area contributed by atoms with Crippen molar-refractivity contribution in [2.45, 2.75) is 13.5 Å². The van der Waals surface area contributed by atoms with Crippen molar-refractivity contribution >= 4 is 17.7 Å².